The van der Waals surface area contributed by atoms with Crippen molar-refractivity contribution in [3.05, 3.63) is 36.0 Å². The van der Waals surface area contributed by atoms with Crippen molar-refractivity contribution in [1.29, 1.82) is 0 Å². The van der Waals surface area contributed by atoms with Crippen molar-refractivity contribution in [2.24, 2.45) is 11.7 Å². The van der Waals surface area contributed by atoms with Gasteiger partial charge in [0.1, 0.15) is 0 Å². The summed E-state index contributed by atoms with van der Waals surface area (Å²) < 4.78 is 0. The Bertz CT molecular complexity index is 591. The molecule has 4 nitrogen and oxygen atoms in total. The summed E-state index contributed by atoms with van der Waals surface area (Å²) in [4.78, 5) is 3.24. The number of hydrogen-bond acceptors (Lipinski definition) is 3. The topological polar surface area (TPSA) is 65.9 Å². The summed E-state index contributed by atoms with van der Waals surface area (Å²) in [5, 5.41) is 1.28. The van der Waals surface area contributed by atoms with E-state index in [-0.39, 0.29) is 0 Å². The Kier molecular flexibility index (Phi) is 2.62. The van der Waals surface area contributed by atoms with Gasteiger partial charge < -0.3 is 10.7 Å². The van der Waals surface area contributed by atoms with Crippen molar-refractivity contribution in [2.75, 3.05) is 0 Å². The first-order chi connectivity index (χ1) is 9.31. The Morgan fingerprint density at radius 3 is 3.00 bits per heavy atom. The van der Waals surface area contributed by atoms with Gasteiger partial charge >= 0.3 is 0 Å². The number of hydrogen-bond donors (Lipinski definition) is 4. The number of H-pyrrole nitrogens is 1. The molecule has 1 aromatic carbocycles. The quantitative estimate of drug-likeness (QED) is 0.629. The molecule has 19 heavy (non-hydrogen) atoms. The highest BCUT2D eigenvalue weighted by molar-refractivity contribution is 5.80. The Morgan fingerprint density at radius 1 is 1.11 bits per heavy atom. The lowest BCUT2D eigenvalue weighted by Crippen LogP contribution is -2.39. The Hall–Kier alpha value is -1.36. The summed E-state index contributed by atoms with van der Waals surface area (Å²) in [7, 11) is 0. The smallest absolute Gasteiger partial charge is 0.0506 e. The molecule has 1 aliphatic heterocycles. The van der Waals surface area contributed by atoms with Gasteiger partial charge in [-0.05, 0) is 54.3 Å². The van der Waals surface area contributed by atoms with Gasteiger partial charge in [0.25, 0.3) is 0 Å². The van der Waals surface area contributed by atoms with Crippen LogP contribution in [-0.4, -0.2) is 17.1 Å². The van der Waals surface area contributed by atoms with Crippen LogP contribution in [0.15, 0.2) is 30.5 Å². The number of benzene rings is 1. The van der Waals surface area contributed by atoms with Crippen LogP contribution in [0.4, 0.5) is 0 Å². The molecule has 4 heteroatoms. The van der Waals surface area contributed by atoms with Crippen LogP contribution < -0.4 is 16.6 Å². The maximum absolute atomic E-state index is 6.14. The summed E-state index contributed by atoms with van der Waals surface area (Å²) >= 11 is 0. The molecule has 0 bridgehead atoms. The molecule has 0 amide bonds. The molecule has 1 aromatic heterocycles. The van der Waals surface area contributed by atoms with Gasteiger partial charge in [0.15, 0.2) is 0 Å². The van der Waals surface area contributed by atoms with Crippen molar-refractivity contribution in [2.45, 2.75) is 37.4 Å². The molecule has 2 aliphatic rings. The number of nitrogens with one attached hydrogen (secondary N) is 3. The maximum Gasteiger partial charge on any atom is 0.0506 e. The van der Waals surface area contributed by atoms with Crippen LogP contribution in [0.3, 0.4) is 0 Å². The molecule has 1 saturated heterocycles. The number of aromatic amines is 1. The molecule has 2 heterocycles. The number of hydrazine groups is 1. The first-order valence-electron chi connectivity index (χ1n) is 7.15. The first-order valence-corrected chi connectivity index (χ1v) is 7.15. The summed E-state index contributed by atoms with van der Waals surface area (Å²) in [6.07, 6.45) is 5.43. The van der Waals surface area contributed by atoms with E-state index in [2.05, 4.69) is 40.1 Å². The second-order valence-corrected chi connectivity index (χ2v) is 5.93. The van der Waals surface area contributed by atoms with Crippen LogP contribution in [-0.2, 0) is 0 Å². The monoisotopic (exact) mass is 256 g/mol. The lowest BCUT2D eigenvalue weighted by molar-refractivity contribution is 0.279. The summed E-state index contributed by atoms with van der Waals surface area (Å²) in [5.41, 5.74) is 15.6. The van der Waals surface area contributed by atoms with Crippen LogP contribution in [0.25, 0.3) is 10.9 Å². The number of rotatable bonds is 1. The highest BCUT2D eigenvalue weighted by Gasteiger charge is 2.40. The molecule has 0 spiro atoms. The number of aromatic nitrogens is 1. The molecule has 4 atom stereocenters. The molecule has 1 saturated carbocycles. The predicted octanol–water partition coefficient (Wildman–Crippen LogP) is 1.81. The largest absolute Gasteiger partial charge is 0.361 e. The highest BCUT2D eigenvalue weighted by atomic mass is 15.4. The Balaban J connectivity index is 1.67. The second-order valence-electron chi connectivity index (χ2n) is 5.93. The van der Waals surface area contributed by atoms with Gasteiger partial charge in [0, 0.05) is 23.8 Å². The van der Waals surface area contributed by atoms with Crippen LogP contribution in [0.5, 0.6) is 0 Å². The molecule has 2 aromatic rings. The SMILES string of the molecule is NC1CCC2NNC(c3ccc4[nH]ccc4c3)C2C1. The van der Waals surface area contributed by atoms with E-state index in [4.69, 9.17) is 5.73 Å². The number of fused-ring (bicyclic) bond motifs is 2. The predicted molar refractivity (Wildman–Crippen MR) is 76.4 cm³/mol. The molecule has 100 valence electrons. The van der Waals surface area contributed by atoms with Gasteiger partial charge in [-0.2, -0.15) is 0 Å². The summed E-state index contributed by atoms with van der Waals surface area (Å²) in [5.74, 6) is 0.611. The van der Waals surface area contributed by atoms with E-state index >= 15 is 0 Å². The fraction of sp³-hybridized carbons (Fsp3) is 0.467. The maximum atomic E-state index is 6.14. The molecule has 2 fully saturated rings. The minimum Gasteiger partial charge on any atom is -0.361 e. The van der Waals surface area contributed by atoms with Crippen molar-refractivity contribution in [1.82, 2.24) is 15.8 Å². The second kappa shape index (κ2) is 4.34. The third-order valence-electron chi connectivity index (χ3n) is 4.73. The van der Waals surface area contributed by atoms with Crippen molar-refractivity contribution in [3.63, 3.8) is 0 Å². The average molecular weight is 256 g/mol. The van der Waals surface area contributed by atoms with Gasteiger partial charge in [0.2, 0.25) is 0 Å². The Labute approximate surface area is 112 Å². The fourth-order valence-corrected chi connectivity index (χ4v) is 3.69. The normalized spacial score (nSPS) is 34.6. The van der Waals surface area contributed by atoms with E-state index in [1.807, 2.05) is 6.20 Å². The van der Waals surface area contributed by atoms with E-state index in [9.17, 15) is 0 Å². The van der Waals surface area contributed by atoms with E-state index in [1.165, 1.54) is 22.9 Å². The third-order valence-corrected chi connectivity index (χ3v) is 4.73. The molecule has 0 radical (unpaired) electrons. The highest BCUT2D eigenvalue weighted by Crippen LogP contribution is 2.38. The van der Waals surface area contributed by atoms with Crippen molar-refractivity contribution in [3.8, 4) is 0 Å². The third kappa shape index (κ3) is 1.87. The average Bonchev–Trinajstić information content (AvgIpc) is 3.03. The van der Waals surface area contributed by atoms with Gasteiger partial charge in [-0.25, -0.2) is 5.43 Å². The zero-order chi connectivity index (χ0) is 12.8. The van der Waals surface area contributed by atoms with E-state index in [1.54, 1.807) is 0 Å². The minimum atomic E-state index is 0.362. The summed E-state index contributed by atoms with van der Waals surface area (Å²) in [6, 6.07) is 10.1. The van der Waals surface area contributed by atoms with Crippen molar-refractivity contribution >= 4 is 10.9 Å². The molecular formula is C15H20N4. The zero-order valence-electron chi connectivity index (χ0n) is 10.9. The van der Waals surface area contributed by atoms with Gasteiger partial charge in [-0.15, -0.1) is 0 Å². The Morgan fingerprint density at radius 2 is 2.05 bits per heavy atom. The molecule has 4 rings (SSSR count). The van der Waals surface area contributed by atoms with E-state index in [0.717, 1.165) is 12.8 Å². The van der Waals surface area contributed by atoms with Crippen LogP contribution in [0, 0.1) is 5.92 Å². The standard InChI is InChI=1S/C15H20N4/c16-11-2-4-14-12(8-11)15(19-18-14)10-1-3-13-9(7-10)5-6-17-13/h1,3,5-7,11-12,14-15,17-19H,2,4,8,16H2. The zero-order valence-corrected chi connectivity index (χ0v) is 10.9. The van der Waals surface area contributed by atoms with Crippen molar-refractivity contribution < 1.29 is 0 Å². The number of nitrogens with two attached hydrogens (primary N) is 1. The van der Waals surface area contributed by atoms with Gasteiger partial charge in [-0.1, -0.05) is 6.07 Å². The van der Waals surface area contributed by atoms with Crippen LogP contribution in [0.2, 0.25) is 0 Å². The first kappa shape index (κ1) is 11.5. The van der Waals surface area contributed by atoms with Crippen LogP contribution in [0.1, 0.15) is 30.9 Å². The van der Waals surface area contributed by atoms with Gasteiger partial charge in [-0.3, -0.25) is 5.43 Å². The molecular weight excluding hydrogens is 236 g/mol. The van der Waals surface area contributed by atoms with Gasteiger partial charge in [0.05, 0.1) is 6.04 Å². The van der Waals surface area contributed by atoms with Crippen LogP contribution >= 0.6 is 0 Å². The van der Waals surface area contributed by atoms with E-state index < -0.39 is 0 Å². The molecule has 5 N–H and O–H groups in total. The lowest BCUT2D eigenvalue weighted by Gasteiger charge is -2.31. The fourth-order valence-electron chi connectivity index (χ4n) is 3.69. The minimum absolute atomic E-state index is 0.362. The molecule has 1 aliphatic carbocycles. The summed E-state index contributed by atoms with van der Waals surface area (Å²) in [6.45, 7) is 0. The van der Waals surface area contributed by atoms with E-state index in [0.29, 0.717) is 24.0 Å². The molecule has 4 unspecified atom stereocenters. The lowest BCUT2D eigenvalue weighted by atomic mass is 9.77.